The molecule has 3 aromatic rings. The number of benzene rings is 2. The lowest BCUT2D eigenvalue weighted by Crippen LogP contribution is -3.14. The monoisotopic (exact) mass is 397 g/mol. The van der Waals surface area contributed by atoms with Crippen LogP contribution in [0.1, 0.15) is 0 Å². The molecule has 4 rings (SSSR count). The molecule has 0 radical (unpaired) electrons. The van der Waals surface area contributed by atoms with Gasteiger partial charge in [-0.25, -0.2) is 0 Å². The second kappa shape index (κ2) is 7.91. The van der Waals surface area contributed by atoms with Gasteiger partial charge in [0.15, 0.2) is 6.67 Å². The van der Waals surface area contributed by atoms with Crippen molar-refractivity contribution in [1.82, 2.24) is 14.3 Å². The summed E-state index contributed by atoms with van der Waals surface area (Å²) in [5.41, 5.74) is 2.16. The quantitative estimate of drug-likeness (QED) is 0.403. The van der Waals surface area contributed by atoms with Crippen molar-refractivity contribution in [2.45, 2.75) is 6.67 Å². The molecular weight excluding hydrogens is 376 g/mol. The maximum absolute atomic E-state index is 10.8. The number of nitrogens with zero attached hydrogens (tertiary/aromatic N) is 5. The number of non-ortho nitro benzene ring substituents is 1. The molecule has 1 fully saturated rings. The van der Waals surface area contributed by atoms with Gasteiger partial charge < -0.3 is 9.80 Å². The topological polar surface area (TPSA) is 73.6 Å². The summed E-state index contributed by atoms with van der Waals surface area (Å²) in [6.07, 6.45) is 1.77. The average molecular weight is 397 g/mol. The minimum atomic E-state index is -0.371. The molecule has 0 amide bonds. The fourth-order valence-electron chi connectivity index (χ4n) is 3.45. The van der Waals surface area contributed by atoms with E-state index >= 15 is 0 Å². The zero-order chi connectivity index (χ0) is 19.5. The summed E-state index contributed by atoms with van der Waals surface area (Å²) in [5.74, 6) is 0. The Morgan fingerprint density at radius 3 is 2.36 bits per heavy atom. The molecule has 1 N–H and O–H groups in total. The van der Waals surface area contributed by atoms with Gasteiger partial charge in [0.2, 0.25) is 4.77 Å². The van der Waals surface area contributed by atoms with E-state index in [0.717, 1.165) is 44.2 Å². The van der Waals surface area contributed by atoms with E-state index < -0.39 is 0 Å². The van der Waals surface area contributed by atoms with Gasteiger partial charge in [0.25, 0.3) is 5.69 Å². The van der Waals surface area contributed by atoms with Crippen LogP contribution >= 0.6 is 12.2 Å². The Morgan fingerprint density at radius 2 is 1.71 bits per heavy atom. The van der Waals surface area contributed by atoms with Gasteiger partial charge in [-0.2, -0.15) is 9.78 Å². The van der Waals surface area contributed by atoms with Crippen LogP contribution in [0.25, 0.3) is 5.69 Å². The van der Waals surface area contributed by atoms with Crippen LogP contribution in [-0.4, -0.2) is 45.4 Å². The van der Waals surface area contributed by atoms with Gasteiger partial charge in [-0.3, -0.25) is 14.7 Å². The number of nitrogens with one attached hydrogen (secondary N) is 1. The van der Waals surface area contributed by atoms with Gasteiger partial charge in [-0.15, -0.1) is 0 Å². The molecule has 1 saturated heterocycles. The van der Waals surface area contributed by atoms with Crippen molar-refractivity contribution in [2.75, 3.05) is 31.1 Å². The molecule has 1 aromatic heterocycles. The number of hydrogen-bond acceptors (Lipinski definition) is 5. The number of aromatic nitrogens is 3. The van der Waals surface area contributed by atoms with Crippen LogP contribution in [0, 0.1) is 14.9 Å². The summed E-state index contributed by atoms with van der Waals surface area (Å²) in [6.45, 7) is 4.42. The second-order valence-electron chi connectivity index (χ2n) is 6.79. The smallest absolute Gasteiger partial charge is 0.269 e. The van der Waals surface area contributed by atoms with E-state index in [1.54, 1.807) is 18.5 Å². The van der Waals surface area contributed by atoms with Gasteiger partial charge in [-0.1, -0.05) is 18.2 Å². The number of quaternary nitrogens is 1. The lowest BCUT2D eigenvalue weighted by molar-refractivity contribution is -0.924. The van der Waals surface area contributed by atoms with Crippen LogP contribution in [0.4, 0.5) is 11.4 Å². The Hall–Kier alpha value is -3.04. The molecule has 0 unspecified atom stereocenters. The molecule has 1 aliphatic rings. The number of para-hydroxylation sites is 1. The van der Waals surface area contributed by atoms with Gasteiger partial charge in [0.1, 0.15) is 6.33 Å². The Balaban J connectivity index is 1.38. The van der Waals surface area contributed by atoms with Crippen LogP contribution in [0.3, 0.4) is 0 Å². The zero-order valence-electron chi connectivity index (χ0n) is 15.3. The lowest BCUT2D eigenvalue weighted by atomic mass is 10.2. The first-order valence-electron chi connectivity index (χ1n) is 9.15. The van der Waals surface area contributed by atoms with Gasteiger partial charge in [-0.05, 0) is 36.5 Å². The molecule has 144 valence electrons. The molecule has 0 spiro atoms. The van der Waals surface area contributed by atoms with E-state index in [4.69, 9.17) is 12.2 Å². The third-order valence-electron chi connectivity index (χ3n) is 5.04. The largest absolute Gasteiger partial charge is 0.360 e. The molecule has 9 heteroatoms. The Morgan fingerprint density at radius 1 is 1.04 bits per heavy atom. The molecule has 2 aromatic carbocycles. The number of hydrogen-bond donors (Lipinski definition) is 1. The van der Waals surface area contributed by atoms with Crippen LogP contribution in [0.15, 0.2) is 60.9 Å². The number of anilines is 1. The summed E-state index contributed by atoms with van der Waals surface area (Å²) in [5, 5.41) is 15.3. The molecule has 1 aliphatic heterocycles. The van der Waals surface area contributed by atoms with Crippen molar-refractivity contribution in [2.24, 2.45) is 0 Å². The molecule has 0 saturated carbocycles. The minimum Gasteiger partial charge on any atom is -0.360 e. The normalized spacial score (nSPS) is 14.9. The first-order chi connectivity index (χ1) is 13.6. The lowest BCUT2D eigenvalue weighted by Gasteiger charge is -2.33. The predicted molar refractivity (Wildman–Crippen MR) is 108 cm³/mol. The van der Waals surface area contributed by atoms with Crippen LogP contribution in [-0.2, 0) is 6.67 Å². The fraction of sp³-hybridized carbons (Fsp3) is 0.263. The van der Waals surface area contributed by atoms with Crippen molar-refractivity contribution in [1.29, 1.82) is 0 Å². The summed E-state index contributed by atoms with van der Waals surface area (Å²) in [6, 6.07) is 16.7. The van der Waals surface area contributed by atoms with E-state index in [2.05, 4.69) is 10.00 Å². The van der Waals surface area contributed by atoms with E-state index in [0.29, 0.717) is 4.77 Å². The maximum atomic E-state index is 10.8. The highest BCUT2D eigenvalue weighted by atomic mass is 32.1. The molecule has 0 atom stereocenters. The third kappa shape index (κ3) is 3.80. The molecular formula is C19H21N6O2S+. The standard InChI is InChI=1S/C19H20N6O2S/c26-25(27)18-8-6-16(7-9-18)22-12-10-21(11-13-22)15-24-19(28)23(14-20-24)17-4-2-1-3-5-17/h1-9,14H,10-13,15H2/p+1. The fourth-order valence-corrected chi connectivity index (χ4v) is 3.71. The van der Waals surface area contributed by atoms with E-state index in [1.807, 2.05) is 51.7 Å². The van der Waals surface area contributed by atoms with Gasteiger partial charge >= 0.3 is 0 Å². The Kier molecular flexibility index (Phi) is 5.18. The van der Waals surface area contributed by atoms with Crippen LogP contribution in [0.5, 0.6) is 0 Å². The van der Waals surface area contributed by atoms with Crippen molar-refractivity contribution in [3.63, 3.8) is 0 Å². The first-order valence-corrected chi connectivity index (χ1v) is 9.55. The molecule has 28 heavy (non-hydrogen) atoms. The van der Waals surface area contributed by atoms with E-state index in [1.165, 1.54) is 4.90 Å². The number of nitro benzene ring substituents is 1. The predicted octanol–water partition coefficient (Wildman–Crippen LogP) is 1.67. The van der Waals surface area contributed by atoms with Crippen molar-refractivity contribution < 1.29 is 9.82 Å². The minimum absolute atomic E-state index is 0.122. The third-order valence-corrected chi connectivity index (χ3v) is 5.44. The van der Waals surface area contributed by atoms with Gasteiger partial charge in [0, 0.05) is 23.5 Å². The summed E-state index contributed by atoms with van der Waals surface area (Å²) in [4.78, 5) is 14.1. The molecule has 0 aliphatic carbocycles. The Labute approximate surface area is 167 Å². The van der Waals surface area contributed by atoms with Crippen molar-refractivity contribution in [3.05, 3.63) is 75.8 Å². The van der Waals surface area contributed by atoms with Gasteiger partial charge in [0.05, 0.1) is 31.1 Å². The average Bonchev–Trinajstić information content (AvgIpc) is 3.09. The van der Waals surface area contributed by atoms with E-state index in [-0.39, 0.29) is 10.6 Å². The maximum Gasteiger partial charge on any atom is 0.269 e. The van der Waals surface area contributed by atoms with Crippen LogP contribution in [0.2, 0.25) is 0 Å². The number of rotatable bonds is 5. The number of nitro groups is 1. The molecule has 8 nitrogen and oxygen atoms in total. The van der Waals surface area contributed by atoms with Crippen LogP contribution < -0.4 is 9.80 Å². The molecule has 2 heterocycles. The highest BCUT2D eigenvalue weighted by Gasteiger charge is 2.21. The number of piperazine rings is 1. The van der Waals surface area contributed by atoms with Crippen molar-refractivity contribution >= 4 is 23.6 Å². The Bertz CT molecular complexity index is 1010. The summed E-state index contributed by atoms with van der Waals surface area (Å²) >= 11 is 5.59. The zero-order valence-corrected chi connectivity index (χ0v) is 16.1. The highest BCUT2D eigenvalue weighted by molar-refractivity contribution is 7.71. The van der Waals surface area contributed by atoms with E-state index in [9.17, 15) is 10.1 Å². The summed E-state index contributed by atoms with van der Waals surface area (Å²) in [7, 11) is 0. The summed E-state index contributed by atoms with van der Waals surface area (Å²) < 4.78 is 4.48. The second-order valence-corrected chi connectivity index (χ2v) is 7.15. The first kappa shape index (κ1) is 18.3. The highest BCUT2D eigenvalue weighted by Crippen LogP contribution is 2.19. The van der Waals surface area contributed by atoms with Crippen molar-refractivity contribution in [3.8, 4) is 5.69 Å². The molecule has 0 bridgehead atoms. The SMILES string of the molecule is O=[N+]([O-])c1ccc(N2CC[NH+](Cn3ncn(-c4ccccc4)c3=S)CC2)cc1.